The monoisotopic (exact) mass is 607 g/mol. The highest BCUT2D eigenvalue weighted by atomic mass is 16.7. The van der Waals surface area contributed by atoms with Crippen molar-refractivity contribution in [3.63, 3.8) is 0 Å². The lowest BCUT2D eigenvalue weighted by Gasteiger charge is -2.52. The largest absolute Gasteiger partial charge is 0.390 e. The van der Waals surface area contributed by atoms with Gasteiger partial charge in [0.05, 0.1) is 37.0 Å². The Hall–Kier alpha value is -1.09. The molecule has 2 aliphatic carbocycles. The van der Waals surface area contributed by atoms with Crippen LogP contribution in [0.3, 0.4) is 0 Å². The van der Waals surface area contributed by atoms with E-state index in [0.717, 1.165) is 0 Å². The second-order valence-corrected chi connectivity index (χ2v) is 12.6. The molecule has 1 unspecified atom stereocenters. The Morgan fingerprint density at radius 3 is 2.29 bits per heavy atom. The van der Waals surface area contributed by atoms with Gasteiger partial charge in [-0.25, -0.2) is 0 Å². The first-order valence-electron chi connectivity index (χ1n) is 14.6. The van der Waals surface area contributed by atoms with Crippen molar-refractivity contribution in [2.45, 2.75) is 124 Å². The smallest absolute Gasteiger partial charge is 0.252 e. The van der Waals surface area contributed by atoms with Crippen LogP contribution in [0.2, 0.25) is 0 Å². The third-order valence-corrected chi connectivity index (χ3v) is 9.24. The second-order valence-electron chi connectivity index (χ2n) is 12.6. The fraction of sp³-hybridized carbons (Fsp3) is 0.962. The van der Waals surface area contributed by atoms with E-state index in [4.69, 9.17) is 25.7 Å². The molecule has 0 aromatic rings. The maximum absolute atomic E-state index is 13.1. The molecule has 14 atom stereocenters. The van der Waals surface area contributed by atoms with Crippen molar-refractivity contribution >= 4 is 5.91 Å². The van der Waals surface area contributed by atoms with E-state index in [2.05, 4.69) is 16.0 Å². The van der Waals surface area contributed by atoms with Gasteiger partial charge in [-0.3, -0.25) is 4.79 Å². The summed E-state index contributed by atoms with van der Waals surface area (Å²) in [7, 11) is 1.55. The van der Waals surface area contributed by atoms with Crippen molar-refractivity contribution in [3.05, 3.63) is 0 Å². The lowest BCUT2D eigenvalue weighted by molar-refractivity contribution is -0.303. The standard InChI is InChI=1S/C26H49N5O11/c1-4-30-8-13-15(32)17(34)18(35)21(41-13)14-11(28)5-12(31-24(37)26(39)6-10(27)7-26)20(16(14)33)42-23-19(36)22(29-3)25(2,38)9-40-23/h10-23,29-30,32-36,38-39H,4-9,27-28H2,1-3H3,(H,31,37)/t10?,11-,12+,13+,14?,15+,16-,17-,18+,19+,20-,21+,22+,23+,25-,26?/m0/s1. The first kappa shape index (κ1) is 33.8. The summed E-state index contributed by atoms with van der Waals surface area (Å²) in [6.45, 7) is 3.82. The number of carbonyl (C=O) groups excluding carboxylic acids is 1. The van der Waals surface area contributed by atoms with Crippen LogP contribution in [0.25, 0.3) is 0 Å². The zero-order valence-corrected chi connectivity index (χ0v) is 24.2. The van der Waals surface area contributed by atoms with Crippen molar-refractivity contribution < 1.29 is 54.8 Å². The molecule has 0 aromatic heterocycles. The van der Waals surface area contributed by atoms with Crippen LogP contribution in [-0.4, -0.2) is 159 Å². The number of aliphatic hydroxyl groups is 7. The number of carbonyl (C=O) groups is 1. The van der Waals surface area contributed by atoms with Crippen LogP contribution in [0.1, 0.15) is 33.1 Å². The minimum Gasteiger partial charge on any atom is -0.390 e. The van der Waals surface area contributed by atoms with E-state index in [1.54, 1.807) is 7.05 Å². The summed E-state index contributed by atoms with van der Waals surface area (Å²) in [5.74, 6) is -1.78. The SMILES string of the molecule is CCNC[C@H]1O[C@H](C2[C@@H](N)C[C@@H](NC(=O)C3(O)CC(N)C3)[C@H](O[C@H]3OC[C@](C)(O)[C@H](NC)[C@H]3O)[C@H]2O)[C@H](O)[C@@H](O)[C@@H]1O. The fourth-order valence-corrected chi connectivity index (χ4v) is 6.82. The third kappa shape index (κ3) is 6.48. The average Bonchev–Trinajstić information content (AvgIpc) is 2.90. The molecule has 4 rings (SSSR count). The highest BCUT2D eigenvalue weighted by molar-refractivity contribution is 5.86. The molecule has 2 saturated heterocycles. The molecule has 4 aliphatic rings. The summed E-state index contributed by atoms with van der Waals surface area (Å²) in [6, 6.07) is -3.10. The van der Waals surface area contributed by atoms with Crippen LogP contribution >= 0.6 is 0 Å². The molecule has 2 aliphatic heterocycles. The number of nitrogens with two attached hydrogens (primary N) is 2. The van der Waals surface area contributed by atoms with E-state index in [0.29, 0.717) is 6.54 Å². The molecule has 2 heterocycles. The molecule has 0 radical (unpaired) electrons. The van der Waals surface area contributed by atoms with Crippen molar-refractivity contribution in [1.29, 1.82) is 0 Å². The molecule has 1 amide bonds. The summed E-state index contributed by atoms with van der Waals surface area (Å²) >= 11 is 0. The molecule has 2 saturated carbocycles. The Morgan fingerprint density at radius 2 is 1.69 bits per heavy atom. The van der Waals surface area contributed by atoms with Gasteiger partial charge in [0.15, 0.2) is 6.29 Å². The van der Waals surface area contributed by atoms with Gasteiger partial charge in [0, 0.05) is 37.4 Å². The molecule has 14 N–H and O–H groups in total. The molecule has 0 bridgehead atoms. The van der Waals surface area contributed by atoms with E-state index in [1.807, 2.05) is 6.92 Å². The van der Waals surface area contributed by atoms with Gasteiger partial charge >= 0.3 is 0 Å². The summed E-state index contributed by atoms with van der Waals surface area (Å²) in [6.07, 6.45) is -12.3. The second kappa shape index (κ2) is 13.1. The van der Waals surface area contributed by atoms with Crippen molar-refractivity contribution in [3.8, 4) is 0 Å². The zero-order chi connectivity index (χ0) is 31.1. The van der Waals surface area contributed by atoms with E-state index >= 15 is 0 Å². The minimum absolute atomic E-state index is 0.0145. The number of aliphatic hydroxyl groups excluding tert-OH is 5. The molecule has 16 nitrogen and oxygen atoms in total. The van der Waals surface area contributed by atoms with Gasteiger partial charge in [-0.15, -0.1) is 0 Å². The van der Waals surface area contributed by atoms with Crippen LogP contribution in [0.5, 0.6) is 0 Å². The first-order chi connectivity index (χ1) is 19.6. The van der Waals surface area contributed by atoms with Gasteiger partial charge in [-0.05, 0) is 26.9 Å². The van der Waals surface area contributed by atoms with Crippen molar-refractivity contribution in [2.24, 2.45) is 17.4 Å². The summed E-state index contributed by atoms with van der Waals surface area (Å²) < 4.78 is 17.8. The number of likely N-dealkylation sites (N-methyl/N-ethyl adjacent to an activating group) is 2. The van der Waals surface area contributed by atoms with E-state index < -0.39 is 96.3 Å². The Kier molecular flexibility index (Phi) is 10.5. The summed E-state index contributed by atoms with van der Waals surface area (Å²) in [5, 5.41) is 84.7. The van der Waals surface area contributed by atoms with Crippen molar-refractivity contribution in [1.82, 2.24) is 16.0 Å². The van der Waals surface area contributed by atoms with Gasteiger partial charge in [0.2, 0.25) is 0 Å². The Balaban J connectivity index is 1.60. The normalized spacial score (nSPS) is 51.5. The number of rotatable bonds is 9. The van der Waals surface area contributed by atoms with Gasteiger partial charge in [-0.1, -0.05) is 6.92 Å². The predicted molar refractivity (Wildman–Crippen MR) is 145 cm³/mol. The predicted octanol–water partition coefficient (Wildman–Crippen LogP) is -6.07. The molecule has 16 heteroatoms. The van der Waals surface area contributed by atoms with E-state index in [9.17, 15) is 40.5 Å². The van der Waals surface area contributed by atoms with E-state index in [1.165, 1.54) is 6.92 Å². The quantitative estimate of drug-likeness (QED) is 0.116. The number of hydrogen-bond acceptors (Lipinski definition) is 15. The molecule has 4 fully saturated rings. The molecule has 0 aromatic carbocycles. The molecule has 244 valence electrons. The molecule has 42 heavy (non-hydrogen) atoms. The number of ether oxygens (including phenoxy) is 3. The summed E-state index contributed by atoms with van der Waals surface area (Å²) in [5.41, 5.74) is 9.15. The maximum atomic E-state index is 13.1. The van der Waals surface area contributed by atoms with Crippen LogP contribution in [0.15, 0.2) is 0 Å². The average molecular weight is 608 g/mol. The number of hydrogen-bond donors (Lipinski definition) is 12. The van der Waals surface area contributed by atoms with Crippen LogP contribution < -0.4 is 27.4 Å². The van der Waals surface area contributed by atoms with Crippen LogP contribution in [-0.2, 0) is 19.0 Å². The van der Waals surface area contributed by atoms with Crippen molar-refractivity contribution in [2.75, 3.05) is 26.7 Å². The highest BCUT2D eigenvalue weighted by Gasteiger charge is 2.57. The fourth-order valence-electron chi connectivity index (χ4n) is 6.82. The van der Waals surface area contributed by atoms with E-state index in [-0.39, 0.29) is 38.5 Å². The molecular formula is C26H49N5O11. The highest BCUT2D eigenvalue weighted by Crippen LogP contribution is 2.38. The lowest BCUT2D eigenvalue weighted by Crippen LogP contribution is -2.72. The third-order valence-electron chi connectivity index (χ3n) is 9.24. The first-order valence-corrected chi connectivity index (χ1v) is 14.6. The maximum Gasteiger partial charge on any atom is 0.252 e. The Morgan fingerprint density at radius 1 is 1.02 bits per heavy atom. The minimum atomic E-state index is -1.70. The van der Waals surface area contributed by atoms with Gasteiger partial charge in [0.25, 0.3) is 5.91 Å². The molecule has 0 spiro atoms. The summed E-state index contributed by atoms with van der Waals surface area (Å²) in [4.78, 5) is 13.1. The lowest BCUT2D eigenvalue weighted by atomic mass is 9.71. The van der Waals surface area contributed by atoms with Gasteiger partial charge in [-0.2, -0.15) is 0 Å². The zero-order valence-electron chi connectivity index (χ0n) is 24.2. The van der Waals surface area contributed by atoms with Crippen LogP contribution in [0.4, 0.5) is 0 Å². The van der Waals surface area contributed by atoms with Crippen LogP contribution in [0, 0.1) is 5.92 Å². The van der Waals surface area contributed by atoms with Gasteiger partial charge < -0.3 is 77.4 Å². The topological polar surface area (TPSA) is 274 Å². The molecular weight excluding hydrogens is 558 g/mol. The Bertz CT molecular complexity index is 927. The Labute approximate surface area is 244 Å². The number of amides is 1. The van der Waals surface area contributed by atoms with Gasteiger partial charge in [0.1, 0.15) is 41.7 Å². The number of nitrogens with one attached hydrogen (secondary N) is 3.